The molecule has 2 nitrogen and oxygen atoms in total. The molecule has 0 aliphatic heterocycles. The number of hydrogen-bond donors (Lipinski definition) is 0. The third-order valence-electron chi connectivity index (χ3n) is 1.29. The summed E-state index contributed by atoms with van der Waals surface area (Å²) in [5, 5.41) is 8.55. The molecule has 68 valence electrons. The molecule has 2 aromatic heterocycles. The molecule has 0 aliphatic rings. The van der Waals surface area contributed by atoms with Gasteiger partial charge in [0.1, 0.15) is 4.34 Å². The minimum absolute atomic E-state index is 0.647. The van der Waals surface area contributed by atoms with Gasteiger partial charge >= 0.3 is 0 Å². The molecule has 0 fully saturated rings. The fourth-order valence-corrected chi connectivity index (χ4v) is 3.52. The van der Waals surface area contributed by atoms with Crippen molar-refractivity contribution in [3.63, 3.8) is 0 Å². The number of aromatic nitrogens is 2. The highest BCUT2D eigenvalue weighted by molar-refractivity contribution is 9.11. The van der Waals surface area contributed by atoms with Crippen LogP contribution in [0.5, 0.6) is 0 Å². The largest absolute Gasteiger partial charge is 0.183 e. The quantitative estimate of drug-likeness (QED) is 0.782. The minimum Gasteiger partial charge on any atom is -0.137 e. The summed E-state index contributed by atoms with van der Waals surface area (Å²) in [5.74, 6) is 0. The van der Waals surface area contributed by atoms with Crippen LogP contribution in [0, 0.1) is 0 Å². The molecular weight excluding hydrogens is 315 g/mol. The number of thiophene rings is 1. The molecule has 2 heterocycles. The van der Waals surface area contributed by atoms with Crippen LogP contribution in [0.2, 0.25) is 8.67 Å². The Labute approximate surface area is 101 Å². The van der Waals surface area contributed by atoms with Crippen LogP contribution in [0.4, 0.5) is 0 Å². The van der Waals surface area contributed by atoms with Crippen molar-refractivity contribution in [2.75, 3.05) is 0 Å². The Balaban J connectivity index is 2.51. The Hall–Kier alpha value is 0.320. The monoisotopic (exact) mass is 314 g/mol. The van der Waals surface area contributed by atoms with E-state index < -0.39 is 0 Å². The lowest BCUT2D eigenvalue weighted by atomic mass is 10.4. The van der Waals surface area contributed by atoms with Gasteiger partial charge in [-0.05, 0) is 22.0 Å². The third kappa shape index (κ3) is 2.05. The summed E-state index contributed by atoms with van der Waals surface area (Å²) in [6, 6.07) is 1.79. The van der Waals surface area contributed by atoms with Crippen LogP contribution in [0.25, 0.3) is 10.6 Å². The topological polar surface area (TPSA) is 25.8 Å². The average Bonchev–Trinajstić information content (AvgIpc) is 2.58. The van der Waals surface area contributed by atoms with E-state index in [0.29, 0.717) is 8.67 Å². The van der Waals surface area contributed by atoms with Gasteiger partial charge < -0.3 is 0 Å². The summed E-state index contributed by atoms with van der Waals surface area (Å²) in [5.41, 5.74) is 0.847. The van der Waals surface area contributed by atoms with E-state index in [1.807, 2.05) is 0 Å². The van der Waals surface area contributed by atoms with Gasteiger partial charge in [-0.25, -0.2) is 0 Å². The van der Waals surface area contributed by atoms with Crippen molar-refractivity contribution in [2.45, 2.75) is 0 Å². The first-order valence-electron chi connectivity index (χ1n) is 3.11. The van der Waals surface area contributed by atoms with E-state index in [9.17, 15) is 0 Å². The van der Waals surface area contributed by atoms with Crippen molar-refractivity contribution in [2.24, 2.45) is 0 Å². The normalized spacial score (nSPS) is 10.7. The van der Waals surface area contributed by atoms with E-state index in [1.54, 1.807) is 6.07 Å². The summed E-state index contributed by atoms with van der Waals surface area (Å²) >= 11 is 17.7. The molecule has 0 atom stereocenters. The van der Waals surface area contributed by atoms with Gasteiger partial charge in [-0.15, -0.1) is 21.5 Å². The fraction of sp³-hybridized carbons (Fsp3) is 0. The zero-order valence-corrected chi connectivity index (χ0v) is 10.7. The maximum absolute atomic E-state index is 5.95. The summed E-state index contributed by atoms with van der Waals surface area (Å²) in [6.07, 6.45) is 0. The molecule has 0 N–H and O–H groups in total. The molecule has 13 heavy (non-hydrogen) atoms. The molecule has 0 amide bonds. The molecule has 0 aliphatic carbocycles. The molecule has 0 unspecified atom stereocenters. The van der Waals surface area contributed by atoms with Gasteiger partial charge in [-0.3, -0.25) is 0 Å². The summed E-state index contributed by atoms with van der Waals surface area (Å²) in [4.78, 5) is 0. The van der Waals surface area contributed by atoms with E-state index >= 15 is 0 Å². The first kappa shape index (κ1) is 9.86. The van der Waals surface area contributed by atoms with Gasteiger partial charge in [-0.2, -0.15) is 0 Å². The van der Waals surface area contributed by atoms with Crippen LogP contribution in [0.3, 0.4) is 0 Å². The van der Waals surface area contributed by atoms with Crippen LogP contribution in [0.1, 0.15) is 0 Å². The maximum Gasteiger partial charge on any atom is 0.183 e. The second-order valence-corrected chi connectivity index (χ2v) is 6.64. The Kier molecular flexibility index (Phi) is 2.90. The van der Waals surface area contributed by atoms with E-state index in [1.165, 1.54) is 22.7 Å². The fourth-order valence-electron chi connectivity index (χ4n) is 0.800. The van der Waals surface area contributed by atoms with Gasteiger partial charge in [0, 0.05) is 5.56 Å². The van der Waals surface area contributed by atoms with Gasteiger partial charge in [0.15, 0.2) is 8.92 Å². The van der Waals surface area contributed by atoms with E-state index in [0.717, 1.165) is 14.5 Å². The van der Waals surface area contributed by atoms with Crippen LogP contribution < -0.4 is 0 Å². The predicted molar refractivity (Wildman–Crippen MR) is 60.9 cm³/mol. The molecule has 2 rings (SSSR count). The van der Waals surface area contributed by atoms with Gasteiger partial charge in [0.2, 0.25) is 0 Å². The van der Waals surface area contributed by atoms with Crippen molar-refractivity contribution in [3.8, 4) is 10.6 Å². The molecule has 0 saturated carbocycles. The standard InChI is InChI=1S/C6HBrCl2N2S2/c7-6-11-10-5(13-6)2-1-3(8)12-4(2)9/h1H. The van der Waals surface area contributed by atoms with Crippen LogP contribution >= 0.6 is 61.8 Å². The first-order valence-corrected chi connectivity index (χ1v) is 6.29. The Bertz CT molecular complexity index is 440. The lowest BCUT2D eigenvalue weighted by molar-refractivity contribution is 1.08. The zero-order chi connectivity index (χ0) is 9.42. The number of rotatable bonds is 1. The number of hydrogen-bond acceptors (Lipinski definition) is 4. The van der Waals surface area contributed by atoms with Crippen molar-refractivity contribution < 1.29 is 0 Å². The predicted octanol–water partition coefficient (Wildman–Crippen LogP) is 4.34. The lowest BCUT2D eigenvalue weighted by Crippen LogP contribution is -1.72. The zero-order valence-electron chi connectivity index (χ0n) is 5.92. The summed E-state index contributed by atoms with van der Waals surface area (Å²) in [6.45, 7) is 0. The molecule has 0 radical (unpaired) electrons. The molecule has 2 aromatic rings. The highest BCUT2D eigenvalue weighted by atomic mass is 79.9. The maximum atomic E-state index is 5.95. The van der Waals surface area contributed by atoms with Gasteiger partial charge in [0.25, 0.3) is 0 Å². The van der Waals surface area contributed by atoms with Crippen molar-refractivity contribution in [1.82, 2.24) is 10.2 Å². The Morgan fingerprint density at radius 2 is 2.00 bits per heavy atom. The Morgan fingerprint density at radius 1 is 1.23 bits per heavy atom. The molecular formula is C6HBrCl2N2S2. The highest BCUT2D eigenvalue weighted by Crippen LogP contribution is 2.39. The van der Waals surface area contributed by atoms with Gasteiger partial charge in [0.05, 0.1) is 4.34 Å². The molecule has 0 saturated heterocycles. The van der Waals surface area contributed by atoms with Crippen LogP contribution in [0.15, 0.2) is 9.98 Å². The van der Waals surface area contributed by atoms with Crippen LogP contribution in [-0.4, -0.2) is 10.2 Å². The van der Waals surface area contributed by atoms with Crippen molar-refractivity contribution >= 4 is 61.8 Å². The number of nitrogens with zero attached hydrogens (tertiary/aromatic N) is 2. The average molecular weight is 316 g/mol. The highest BCUT2D eigenvalue weighted by Gasteiger charge is 2.12. The van der Waals surface area contributed by atoms with E-state index in [-0.39, 0.29) is 0 Å². The second kappa shape index (κ2) is 3.82. The Morgan fingerprint density at radius 3 is 2.46 bits per heavy atom. The third-order valence-corrected chi connectivity index (χ3v) is 4.16. The SMILES string of the molecule is Clc1cc(-c2nnc(Br)s2)c(Cl)s1. The summed E-state index contributed by atoms with van der Waals surface area (Å²) < 4.78 is 2.04. The van der Waals surface area contributed by atoms with E-state index in [2.05, 4.69) is 26.1 Å². The molecule has 0 spiro atoms. The number of halogens is 3. The van der Waals surface area contributed by atoms with Gasteiger partial charge in [-0.1, -0.05) is 34.5 Å². The minimum atomic E-state index is 0.647. The van der Waals surface area contributed by atoms with Crippen molar-refractivity contribution in [3.05, 3.63) is 18.7 Å². The smallest absolute Gasteiger partial charge is 0.137 e. The lowest BCUT2D eigenvalue weighted by Gasteiger charge is -1.86. The first-order chi connectivity index (χ1) is 6.16. The second-order valence-electron chi connectivity index (χ2n) is 2.10. The van der Waals surface area contributed by atoms with Crippen molar-refractivity contribution in [1.29, 1.82) is 0 Å². The van der Waals surface area contributed by atoms with E-state index in [4.69, 9.17) is 23.2 Å². The van der Waals surface area contributed by atoms with Crippen LogP contribution in [-0.2, 0) is 0 Å². The molecule has 0 aromatic carbocycles. The molecule has 7 heteroatoms. The molecule has 0 bridgehead atoms. The summed E-state index contributed by atoms with van der Waals surface area (Å²) in [7, 11) is 0.